The number of ether oxygens (including phenoxy) is 1. The van der Waals surface area contributed by atoms with Crippen LogP contribution in [0.4, 0.5) is 5.95 Å². The Morgan fingerprint density at radius 2 is 2.06 bits per heavy atom. The zero-order valence-electron chi connectivity index (χ0n) is 10.8. The second-order valence-electron chi connectivity index (χ2n) is 5.02. The molecule has 2 aliphatic rings. The average Bonchev–Trinajstić information content (AvgIpc) is 3.08. The summed E-state index contributed by atoms with van der Waals surface area (Å²) in [6.07, 6.45) is 3.74. The van der Waals surface area contributed by atoms with E-state index in [0.717, 1.165) is 19.0 Å². The third-order valence-electron chi connectivity index (χ3n) is 3.84. The minimum Gasteiger partial charge on any atom is -0.379 e. The van der Waals surface area contributed by atoms with Crippen LogP contribution >= 0.6 is 0 Å². The molecule has 2 saturated heterocycles. The van der Waals surface area contributed by atoms with Crippen LogP contribution in [-0.2, 0) is 4.74 Å². The van der Waals surface area contributed by atoms with Crippen molar-refractivity contribution in [3.05, 3.63) is 5.89 Å². The highest BCUT2D eigenvalue weighted by Gasteiger charge is 2.33. The molecule has 1 aromatic rings. The van der Waals surface area contributed by atoms with Gasteiger partial charge in [0.1, 0.15) is 0 Å². The Morgan fingerprint density at radius 3 is 2.83 bits per heavy atom. The molecular formula is C12H20N4O2. The van der Waals surface area contributed by atoms with Crippen molar-refractivity contribution >= 4 is 5.95 Å². The lowest BCUT2D eigenvalue weighted by atomic mass is 10.0. The summed E-state index contributed by atoms with van der Waals surface area (Å²) in [5, 5.41) is 7.34. The van der Waals surface area contributed by atoms with Crippen LogP contribution in [0.5, 0.6) is 0 Å². The molecular weight excluding hydrogens is 232 g/mol. The van der Waals surface area contributed by atoms with Crippen molar-refractivity contribution in [2.45, 2.75) is 31.2 Å². The van der Waals surface area contributed by atoms with E-state index >= 15 is 0 Å². The number of hydrogen-bond donors (Lipinski definition) is 1. The van der Waals surface area contributed by atoms with Crippen LogP contribution in [0, 0.1) is 0 Å². The molecule has 2 unspecified atom stereocenters. The third-order valence-corrected chi connectivity index (χ3v) is 3.84. The fraction of sp³-hybridized carbons (Fsp3) is 0.833. The molecule has 3 rings (SSSR count). The molecule has 2 aliphatic heterocycles. The smallest absolute Gasteiger partial charge is 0.266 e. The van der Waals surface area contributed by atoms with Gasteiger partial charge in [0.2, 0.25) is 5.89 Å². The van der Waals surface area contributed by atoms with E-state index in [0.29, 0.717) is 19.1 Å². The second-order valence-corrected chi connectivity index (χ2v) is 5.02. The van der Waals surface area contributed by atoms with Gasteiger partial charge in [0.25, 0.3) is 5.95 Å². The van der Waals surface area contributed by atoms with E-state index in [2.05, 4.69) is 20.4 Å². The fourth-order valence-electron chi connectivity index (χ4n) is 2.68. The largest absolute Gasteiger partial charge is 0.379 e. The highest BCUT2D eigenvalue weighted by Crippen LogP contribution is 2.26. The predicted octanol–water partition coefficient (Wildman–Crippen LogP) is 0.762. The van der Waals surface area contributed by atoms with Crippen molar-refractivity contribution in [3.8, 4) is 0 Å². The zero-order valence-corrected chi connectivity index (χ0v) is 10.8. The van der Waals surface area contributed by atoms with Gasteiger partial charge in [-0.05, 0) is 31.5 Å². The van der Waals surface area contributed by atoms with Crippen LogP contribution in [0.2, 0.25) is 0 Å². The maximum atomic E-state index is 5.47. The topological polar surface area (TPSA) is 63.4 Å². The quantitative estimate of drug-likeness (QED) is 0.857. The van der Waals surface area contributed by atoms with Crippen LogP contribution in [-0.4, -0.2) is 49.5 Å². The predicted molar refractivity (Wildman–Crippen MR) is 66.8 cm³/mol. The van der Waals surface area contributed by atoms with Crippen LogP contribution in [0.15, 0.2) is 4.52 Å². The van der Waals surface area contributed by atoms with Crippen LogP contribution in [0.1, 0.15) is 31.1 Å². The minimum absolute atomic E-state index is 0.182. The first-order chi connectivity index (χ1) is 8.88. The molecule has 6 heteroatoms. The Labute approximate surface area is 107 Å². The van der Waals surface area contributed by atoms with Gasteiger partial charge in [-0.2, -0.15) is 4.98 Å². The minimum atomic E-state index is 0.182. The molecule has 6 nitrogen and oxygen atoms in total. The third kappa shape index (κ3) is 2.22. The lowest BCUT2D eigenvalue weighted by molar-refractivity contribution is 0.185. The summed E-state index contributed by atoms with van der Waals surface area (Å²) in [6, 6.07) is 0.277. The Hall–Kier alpha value is -1.14. The Bertz CT molecular complexity index is 389. The summed E-state index contributed by atoms with van der Waals surface area (Å²) >= 11 is 0. The van der Waals surface area contributed by atoms with Crippen LogP contribution in [0.3, 0.4) is 0 Å². The first-order valence-corrected chi connectivity index (χ1v) is 6.72. The van der Waals surface area contributed by atoms with E-state index in [1.165, 1.54) is 19.3 Å². The number of hydrogen-bond acceptors (Lipinski definition) is 6. The lowest BCUT2D eigenvalue weighted by Crippen LogP contribution is -2.32. The van der Waals surface area contributed by atoms with E-state index < -0.39 is 0 Å². The standard InChI is InChI=1S/C12H20N4O2/c1-13-10-8-17-7-9(10)11-14-12(15-18-11)16-5-3-2-4-6-16/h9-10,13H,2-8H2,1H3. The molecule has 1 aromatic heterocycles. The van der Waals surface area contributed by atoms with Crippen molar-refractivity contribution in [1.82, 2.24) is 15.5 Å². The van der Waals surface area contributed by atoms with Crippen molar-refractivity contribution in [3.63, 3.8) is 0 Å². The van der Waals surface area contributed by atoms with E-state index in [1.54, 1.807) is 0 Å². The SMILES string of the molecule is CNC1COCC1c1nc(N2CCCCC2)no1. The van der Waals surface area contributed by atoms with Gasteiger partial charge in [-0.15, -0.1) is 0 Å². The molecule has 0 aromatic carbocycles. The summed E-state index contributed by atoms with van der Waals surface area (Å²) in [6.45, 7) is 3.45. The van der Waals surface area contributed by atoms with Gasteiger partial charge < -0.3 is 19.5 Å². The normalized spacial score (nSPS) is 28.8. The first-order valence-electron chi connectivity index (χ1n) is 6.72. The highest BCUT2D eigenvalue weighted by molar-refractivity contribution is 5.28. The van der Waals surface area contributed by atoms with E-state index in [-0.39, 0.29) is 12.0 Å². The van der Waals surface area contributed by atoms with Crippen molar-refractivity contribution in [1.29, 1.82) is 0 Å². The summed E-state index contributed by atoms with van der Waals surface area (Å²) in [7, 11) is 1.94. The lowest BCUT2D eigenvalue weighted by Gasteiger charge is -2.24. The molecule has 0 spiro atoms. The van der Waals surface area contributed by atoms with Crippen molar-refractivity contribution in [2.24, 2.45) is 0 Å². The molecule has 2 atom stereocenters. The number of nitrogens with zero attached hydrogens (tertiary/aromatic N) is 3. The average molecular weight is 252 g/mol. The summed E-state index contributed by atoms with van der Waals surface area (Å²) in [4.78, 5) is 6.75. The molecule has 0 saturated carbocycles. The van der Waals surface area contributed by atoms with Gasteiger partial charge >= 0.3 is 0 Å². The summed E-state index contributed by atoms with van der Waals surface area (Å²) in [5.41, 5.74) is 0. The van der Waals surface area contributed by atoms with Crippen LogP contribution < -0.4 is 10.2 Å². The van der Waals surface area contributed by atoms with E-state index in [4.69, 9.17) is 9.26 Å². The van der Waals surface area contributed by atoms with Gasteiger partial charge in [0, 0.05) is 19.1 Å². The molecule has 18 heavy (non-hydrogen) atoms. The molecule has 0 aliphatic carbocycles. The van der Waals surface area contributed by atoms with Gasteiger partial charge in [-0.25, -0.2) is 0 Å². The fourth-order valence-corrected chi connectivity index (χ4v) is 2.68. The zero-order chi connectivity index (χ0) is 12.4. The second kappa shape index (κ2) is 5.24. The number of likely N-dealkylation sites (N-methyl/N-ethyl adjacent to an activating group) is 1. The van der Waals surface area contributed by atoms with Crippen molar-refractivity contribution in [2.75, 3.05) is 38.3 Å². The summed E-state index contributed by atoms with van der Waals surface area (Å²) < 4.78 is 10.9. The van der Waals surface area contributed by atoms with Gasteiger partial charge in [0.05, 0.1) is 19.1 Å². The maximum absolute atomic E-state index is 5.47. The van der Waals surface area contributed by atoms with Crippen LogP contribution in [0.25, 0.3) is 0 Å². The van der Waals surface area contributed by atoms with E-state index in [9.17, 15) is 0 Å². The monoisotopic (exact) mass is 252 g/mol. The molecule has 0 bridgehead atoms. The van der Waals surface area contributed by atoms with Gasteiger partial charge in [0.15, 0.2) is 0 Å². The molecule has 0 amide bonds. The molecule has 1 N–H and O–H groups in total. The molecule has 3 heterocycles. The Kier molecular flexibility index (Phi) is 3.47. The Morgan fingerprint density at radius 1 is 1.22 bits per heavy atom. The number of aromatic nitrogens is 2. The molecule has 2 fully saturated rings. The number of rotatable bonds is 3. The van der Waals surface area contributed by atoms with Crippen molar-refractivity contribution < 1.29 is 9.26 Å². The maximum Gasteiger partial charge on any atom is 0.266 e. The van der Waals surface area contributed by atoms with E-state index in [1.807, 2.05) is 7.05 Å². The van der Waals surface area contributed by atoms with Gasteiger partial charge in [-0.3, -0.25) is 0 Å². The Balaban J connectivity index is 1.72. The number of nitrogens with one attached hydrogen (secondary N) is 1. The first kappa shape index (κ1) is 11.9. The number of anilines is 1. The number of piperidine rings is 1. The highest BCUT2D eigenvalue weighted by atomic mass is 16.5. The molecule has 0 radical (unpaired) electrons. The summed E-state index contributed by atoms with van der Waals surface area (Å²) in [5.74, 6) is 1.62. The van der Waals surface area contributed by atoms with Gasteiger partial charge in [-0.1, -0.05) is 0 Å². The molecule has 100 valence electrons.